The van der Waals surface area contributed by atoms with E-state index in [1.54, 1.807) is 6.08 Å². The maximum absolute atomic E-state index is 14.0. The van der Waals surface area contributed by atoms with Gasteiger partial charge in [0.15, 0.2) is 16.5 Å². The summed E-state index contributed by atoms with van der Waals surface area (Å²) in [6.45, 7) is 14.5. The molecule has 4 rings (SSSR count). The second kappa shape index (κ2) is 41.5. The Bertz CT molecular complexity index is 2550. The number of aliphatic imine (C=N–C) groups is 1. The molecule has 1 saturated heterocycles. The van der Waals surface area contributed by atoms with E-state index in [9.17, 15) is 40.4 Å². The second-order valence-corrected chi connectivity index (χ2v) is 20.0. The first-order valence-corrected chi connectivity index (χ1v) is 29.4. The topological polar surface area (TPSA) is 309 Å². The summed E-state index contributed by atoms with van der Waals surface area (Å²) in [5.74, 6) is -12.3. The van der Waals surface area contributed by atoms with Crippen molar-refractivity contribution in [3.05, 3.63) is 64.4 Å². The van der Waals surface area contributed by atoms with Crippen LogP contribution in [0.3, 0.4) is 0 Å². The molecule has 0 unspecified atom stereocenters. The van der Waals surface area contributed by atoms with E-state index in [0.29, 0.717) is 154 Å². The molecule has 2 amide bonds. The van der Waals surface area contributed by atoms with Crippen LogP contribution in [-0.2, 0) is 76.7 Å². The van der Waals surface area contributed by atoms with E-state index in [-0.39, 0.29) is 57.7 Å². The summed E-state index contributed by atoms with van der Waals surface area (Å²) in [6, 6.07) is 5.64. The summed E-state index contributed by atoms with van der Waals surface area (Å²) in [5, 5.41) is 15.7. The number of carbonyl (C=O) groups excluding carboxylic acids is 3. The molecule has 0 spiro atoms. The van der Waals surface area contributed by atoms with Crippen molar-refractivity contribution in [3.8, 4) is 5.75 Å². The molecule has 478 valence electrons. The standard InChI is InChI=1S/C55H81F4N7O18S/c1-3-10-66(83-4-2)55(69)43-32-42-6-5-41(33-45(42)64-46(61)34-43)44(35-60)37-62-9-11-65-38-40(39-65)36-63-47(67)7-12-73-14-16-75-18-20-77-22-24-79-26-28-81-30-31-82-29-27-80-25-23-78-21-19-76-17-15-74-13-8-48(68)84-53-49(56)51(58)54(85(70,71)72)52(59)50(53)57/h5-6,32-33,35,37,40,60,62H,3-4,7-31,34,36,38-39H2,1-2H3,(H2,61,64)(H,63,67)(H,70,71,72)/b44-37+,60-35?. The van der Waals surface area contributed by atoms with Crippen LogP contribution in [0, 0.1) is 34.6 Å². The highest BCUT2D eigenvalue weighted by molar-refractivity contribution is 7.85. The van der Waals surface area contributed by atoms with Crippen LogP contribution >= 0.6 is 0 Å². The molecular weight excluding hydrogens is 1150 g/mol. The third kappa shape index (κ3) is 27.8. The molecule has 25 nitrogen and oxygen atoms in total. The number of nitrogens with two attached hydrogens (primary N) is 1. The minimum atomic E-state index is -5.65. The van der Waals surface area contributed by atoms with Crippen molar-refractivity contribution in [2.24, 2.45) is 16.6 Å². The zero-order valence-corrected chi connectivity index (χ0v) is 49.0. The zero-order chi connectivity index (χ0) is 61.7. The lowest BCUT2D eigenvalue weighted by atomic mass is 10.0. The number of nitrogens with zero attached hydrogens (tertiary/aromatic N) is 3. The van der Waals surface area contributed by atoms with E-state index in [2.05, 4.69) is 25.3 Å². The summed E-state index contributed by atoms with van der Waals surface area (Å²) in [7, 11) is -5.65. The minimum absolute atomic E-state index is 0.0171. The molecule has 0 saturated carbocycles. The molecule has 0 bridgehead atoms. The zero-order valence-electron chi connectivity index (χ0n) is 48.2. The highest BCUT2D eigenvalue weighted by Crippen LogP contribution is 2.33. The average Bonchev–Trinajstić information content (AvgIpc) is 3.60. The number of esters is 1. The summed E-state index contributed by atoms with van der Waals surface area (Å²) < 4.78 is 145. The number of likely N-dealkylation sites (tertiary alicyclic amines) is 1. The number of hydroxylamine groups is 2. The molecule has 2 aliphatic heterocycles. The normalized spacial score (nSPS) is 13.8. The Morgan fingerprint density at radius 3 is 1.68 bits per heavy atom. The number of carbonyl (C=O) groups is 3. The van der Waals surface area contributed by atoms with Crippen molar-refractivity contribution < 1.29 is 102 Å². The average molecular weight is 1240 g/mol. The van der Waals surface area contributed by atoms with Crippen molar-refractivity contribution in [1.82, 2.24) is 20.6 Å². The molecule has 2 aromatic carbocycles. The molecule has 2 aliphatic rings. The van der Waals surface area contributed by atoms with Gasteiger partial charge in [-0.3, -0.25) is 23.8 Å². The van der Waals surface area contributed by atoms with Crippen molar-refractivity contribution >= 4 is 57.3 Å². The molecule has 85 heavy (non-hydrogen) atoms. The summed E-state index contributed by atoms with van der Waals surface area (Å²) in [5.41, 5.74) is 9.59. The fraction of sp³-hybridized carbons (Fsp3) is 0.618. The van der Waals surface area contributed by atoms with Crippen LogP contribution in [0.25, 0.3) is 11.6 Å². The van der Waals surface area contributed by atoms with Crippen LogP contribution in [0.2, 0.25) is 0 Å². The largest absolute Gasteiger partial charge is 0.420 e. The van der Waals surface area contributed by atoms with Crippen LogP contribution in [0.4, 0.5) is 23.2 Å². The van der Waals surface area contributed by atoms with Gasteiger partial charge in [0.25, 0.3) is 5.91 Å². The lowest BCUT2D eigenvalue weighted by molar-refractivity contribution is -0.180. The SMILES string of the molecule is CCCN(OCC)C(=O)C1=Cc2ccc(/C(C=N)=C/NCCN3CC(CNC(=O)CCOCCOCCOCCOCCOCCOCCOCCOCCOCCOCCC(=O)Oc4c(F)c(F)c(S(=O)(=O)O)c(F)c4F)C3)cc2N=C(N)C1. The van der Waals surface area contributed by atoms with E-state index in [0.717, 1.165) is 37.2 Å². The first kappa shape index (κ1) is 71.9. The van der Waals surface area contributed by atoms with Crippen molar-refractivity contribution in [3.63, 3.8) is 0 Å². The van der Waals surface area contributed by atoms with E-state index < -0.39 is 56.4 Å². The lowest BCUT2D eigenvalue weighted by Crippen LogP contribution is -2.52. The molecule has 0 aromatic heterocycles. The number of allylic oxidation sites excluding steroid dienone is 1. The molecule has 6 N–H and O–H groups in total. The molecule has 0 radical (unpaired) electrons. The van der Waals surface area contributed by atoms with Crippen LogP contribution in [0.15, 0.2) is 39.9 Å². The Labute approximate surface area is 492 Å². The highest BCUT2D eigenvalue weighted by Gasteiger charge is 2.34. The first-order chi connectivity index (χ1) is 41.1. The van der Waals surface area contributed by atoms with Gasteiger partial charge in [0.05, 0.1) is 151 Å². The number of hydrogen-bond acceptors (Lipinski definition) is 22. The number of halogens is 4. The first-order valence-electron chi connectivity index (χ1n) is 27.9. The smallest absolute Gasteiger partial charge is 0.313 e. The van der Waals surface area contributed by atoms with Gasteiger partial charge in [-0.15, -0.1) is 0 Å². The van der Waals surface area contributed by atoms with Crippen LogP contribution in [-0.4, -0.2) is 231 Å². The summed E-state index contributed by atoms with van der Waals surface area (Å²) in [6.07, 6.45) is 5.55. The molecule has 2 aromatic rings. The minimum Gasteiger partial charge on any atom is -0.420 e. The third-order valence-corrected chi connectivity index (χ3v) is 13.0. The second-order valence-electron chi connectivity index (χ2n) is 18.7. The summed E-state index contributed by atoms with van der Waals surface area (Å²) >= 11 is 0. The van der Waals surface area contributed by atoms with Gasteiger partial charge in [0.1, 0.15) is 5.84 Å². The van der Waals surface area contributed by atoms with Crippen molar-refractivity contribution in [1.29, 1.82) is 5.41 Å². The van der Waals surface area contributed by atoms with Gasteiger partial charge < -0.3 is 78.8 Å². The molecule has 1 fully saturated rings. The Balaban J connectivity index is 0.839. The fourth-order valence-electron chi connectivity index (χ4n) is 7.87. The van der Waals surface area contributed by atoms with Crippen LogP contribution in [0.1, 0.15) is 50.7 Å². The number of amides is 2. The maximum Gasteiger partial charge on any atom is 0.313 e. The van der Waals surface area contributed by atoms with Gasteiger partial charge in [-0.05, 0) is 31.1 Å². The van der Waals surface area contributed by atoms with E-state index in [4.69, 9.17) is 67.9 Å². The maximum atomic E-state index is 14.0. The Hall–Kier alpha value is -5.58. The molecule has 0 aliphatic carbocycles. The Kier molecular flexibility index (Phi) is 35.1. The van der Waals surface area contributed by atoms with Gasteiger partial charge in [0.2, 0.25) is 23.3 Å². The lowest BCUT2D eigenvalue weighted by Gasteiger charge is -2.39. The van der Waals surface area contributed by atoms with E-state index >= 15 is 0 Å². The Morgan fingerprint density at radius 1 is 0.741 bits per heavy atom. The predicted octanol–water partition coefficient (Wildman–Crippen LogP) is 3.64. The van der Waals surface area contributed by atoms with Gasteiger partial charge in [0, 0.05) is 87.2 Å². The Morgan fingerprint density at radius 2 is 1.22 bits per heavy atom. The van der Waals surface area contributed by atoms with Crippen molar-refractivity contribution in [2.45, 2.75) is 44.4 Å². The molecular formula is C55H81F4N7O18S. The monoisotopic (exact) mass is 1240 g/mol. The van der Waals surface area contributed by atoms with Gasteiger partial charge >= 0.3 is 16.1 Å². The molecule has 0 atom stereocenters. The highest BCUT2D eigenvalue weighted by atomic mass is 32.2. The third-order valence-electron chi connectivity index (χ3n) is 12.1. The molecule has 2 heterocycles. The predicted molar refractivity (Wildman–Crippen MR) is 301 cm³/mol. The summed E-state index contributed by atoms with van der Waals surface area (Å²) in [4.78, 5) is 47.6. The molecule has 30 heteroatoms. The number of benzene rings is 2. The van der Waals surface area contributed by atoms with E-state index in [1.807, 2.05) is 38.2 Å². The number of nitrogens with one attached hydrogen (secondary N) is 3. The number of fused-ring (bicyclic) bond motifs is 1. The van der Waals surface area contributed by atoms with Crippen molar-refractivity contribution in [2.75, 3.05) is 178 Å². The van der Waals surface area contributed by atoms with Crippen LogP contribution < -0.4 is 21.1 Å². The van der Waals surface area contributed by atoms with Crippen LogP contribution in [0.5, 0.6) is 5.75 Å². The number of amidine groups is 1. The van der Waals surface area contributed by atoms with Gasteiger partial charge in [-0.25, -0.2) is 18.8 Å². The number of hydrogen-bond donors (Lipinski definition) is 5. The quantitative estimate of drug-likeness (QED) is 0.00923. The van der Waals surface area contributed by atoms with E-state index in [1.165, 1.54) is 11.3 Å². The van der Waals surface area contributed by atoms with Gasteiger partial charge in [-0.2, -0.15) is 17.2 Å². The number of rotatable bonds is 48. The fourth-order valence-corrected chi connectivity index (χ4v) is 8.51. The number of ether oxygens (including phenoxy) is 11. The van der Waals surface area contributed by atoms with Gasteiger partial charge in [-0.1, -0.05) is 19.1 Å².